The van der Waals surface area contributed by atoms with Gasteiger partial charge in [-0.1, -0.05) is 0 Å². The van der Waals surface area contributed by atoms with Crippen LogP contribution in [-0.2, 0) is 11.2 Å². The third kappa shape index (κ3) is 2.73. The summed E-state index contributed by atoms with van der Waals surface area (Å²) in [6, 6.07) is 3.94. The standard InChI is InChI=1S/C16H21N3O2/c1-11-12(2)17-18-13(11)7-8-16(20)19-9-3-5-14(19)15-6-4-10-21-15/h4,6,10,14H,3,5,7-9H2,1-2H3,(H,17,18). The molecule has 1 amide bonds. The Morgan fingerprint density at radius 3 is 3.05 bits per heavy atom. The molecule has 1 saturated heterocycles. The fraction of sp³-hybridized carbons (Fsp3) is 0.500. The molecule has 5 heteroatoms. The minimum absolute atomic E-state index is 0.106. The summed E-state index contributed by atoms with van der Waals surface area (Å²) >= 11 is 0. The highest BCUT2D eigenvalue weighted by Crippen LogP contribution is 2.32. The van der Waals surface area contributed by atoms with Crippen LogP contribution in [0.2, 0.25) is 0 Å². The zero-order chi connectivity index (χ0) is 14.8. The summed E-state index contributed by atoms with van der Waals surface area (Å²) < 4.78 is 5.47. The van der Waals surface area contributed by atoms with E-state index in [1.54, 1.807) is 6.26 Å². The normalized spacial score (nSPS) is 18.4. The first-order chi connectivity index (χ1) is 10.2. The molecule has 112 valence electrons. The third-order valence-electron chi connectivity index (χ3n) is 4.37. The maximum Gasteiger partial charge on any atom is 0.223 e. The van der Waals surface area contributed by atoms with Crippen molar-refractivity contribution < 1.29 is 9.21 Å². The van der Waals surface area contributed by atoms with E-state index in [-0.39, 0.29) is 11.9 Å². The first-order valence-corrected chi connectivity index (χ1v) is 7.50. The number of rotatable bonds is 4. The Bertz CT molecular complexity index is 616. The van der Waals surface area contributed by atoms with Gasteiger partial charge in [0.2, 0.25) is 5.91 Å². The molecule has 1 aliphatic rings. The van der Waals surface area contributed by atoms with E-state index in [1.807, 2.05) is 30.9 Å². The number of nitrogens with one attached hydrogen (secondary N) is 1. The van der Waals surface area contributed by atoms with Crippen molar-refractivity contribution in [1.29, 1.82) is 0 Å². The zero-order valence-corrected chi connectivity index (χ0v) is 12.6. The summed E-state index contributed by atoms with van der Waals surface area (Å²) in [6.07, 6.45) is 4.89. The number of hydrogen-bond acceptors (Lipinski definition) is 3. The van der Waals surface area contributed by atoms with Gasteiger partial charge >= 0.3 is 0 Å². The van der Waals surface area contributed by atoms with E-state index >= 15 is 0 Å². The minimum atomic E-state index is 0.106. The number of hydrogen-bond donors (Lipinski definition) is 1. The molecule has 0 aliphatic carbocycles. The lowest BCUT2D eigenvalue weighted by Crippen LogP contribution is -2.30. The first kappa shape index (κ1) is 13.9. The molecule has 21 heavy (non-hydrogen) atoms. The van der Waals surface area contributed by atoms with Crippen LogP contribution in [0.4, 0.5) is 0 Å². The number of aromatic amines is 1. The van der Waals surface area contributed by atoms with Gasteiger partial charge in [0.05, 0.1) is 18.0 Å². The monoisotopic (exact) mass is 287 g/mol. The second kappa shape index (κ2) is 5.76. The predicted octanol–water partition coefficient (Wildman–Crippen LogP) is 2.92. The number of furan rings is 1. The third-order valence-corrected chi connectivity index (χ3v) is 4.37. The number of aromatic nitrogens is 2. The maximum absolute atomic E-state index is 12.5. The van der Waals surface area contributed by atoms with Crippen molar-refractivity contribution in [3.8, 4) is 0 Å². The van der Waals surface area contributed by atoms with E-state index in [0.29, 0.717) is 12.8 Å². The number of amides is 1. The van der Waals surface area contributed by atoms with Gasteiger partial charge in [-0.05, 0) is 44.4 Å². The van der Waals surface area contributed by atoms with Gasteiger partial charge < -0.3 is 9.32 Å². The summed E-state index contributed by atoms with van der Waals surface area (Å²) in [5.74, 6) is 1.08. The molecule has 1 aliphatic heterocycles. The fourth-order valence-corrected chi connectivity index (χ4v) is 2.99. The van der Waals surface area contributed by atoms with Crippen LogP contribution in [0.25, 0.3) is 0 Å². The van der Waals surface area contributed by atoms with Crippen LogP contribution < -0.4 is 0 Å². The van der Waals surface area contributed by atoms with Gasteiger partial charge in [-0.2, -0.15) is 5.10 Å². The van der Waals surface area contributed by atoms with Crippen molar-refractivity contribution in [2.24, 2.45) is 0 Å². The molecule has 0 spiro atoms. The van der Waals surface area contributed by atoms with Gasteiger partial charge in [0.15, 0.2) is 0 Å². The summed E-state index contributed by atoms with van der Waals surface area (Å²) in [7, 11) is 0. The van der Waals surface area contributed by atoms with Gasteiger partial charge in [-0.3, -0.25) is 9.89 Å². The van der Waals surface area contributed by atoms with E-state index in [0.717, 1.165) is 42.1 Å². The van der Waals surface area contributed by atoms with E-state index < -0.39 is 0 Å². The Balaban J connectivity index is 1.63. The van der Waals surface area contributed by atoms with E-state index in [4.69, 9.17) is 4.42 Å². The van der Waals surface area contributed by atoms with Crippen molar-refractivity contribution in [2.45, 2.75) is 45.6 Å². The molecule has 2 aromatic rings. The molecule has 0 saturated carbocycles. The Labute approximate surface area is 124 Å². The van der Waals surface area contributed by atoms with Gasteiger partial charge in [-0.25, -0.2) is 0 Å². The lowest BCUT2D eigenvalue weighted by molar-refractivity contribution is -0.132. The molecule has 2 aromatic heterocycles. The van der Waals surface area contributed by atoms with Crippen molar-refractivity contribution in [1.82, 2.24) is 15.1 Å². The molecule has 0 radical (unpaired) electrons. The highest BCUT2D eigenvalue weighted by molar-refractivity contribution is 5.77. The van der Waals surface area contributed by atoms with Crippen LogP contribution in [-0.4, -0.2) is 27.5 Å². The number of carbonyl (C=O) groups excluding carboxylic acids is 1. The number of carbonyl (C=O) groups is 1. The number of H-pyrrole nitrogens is 1. The van der Waals surface area contributed by atoms with E-state index in [9.17, 15) is 4.79 Å². The molecule has 3 heterocycles. The summed E-state index contributed by atoms with van der Waals surface area (Å²) in [5.41, 5.74) is 3.23. The Hall–Kier alpha value is -2.04. The molecule has 1 N–H and O–H groups in total. The van der Waals surface area contributed by atoms with Crippen molar-refractivity contribution in [2.75, 3.05) is 6.54 Å². The Kier molecular flexibility index (Phi) is 3.82. The number of likely N-dealkylation sites (tertiary alicyclic amines) is 1. The van der Waals surface area contributed by atoms with E-state index in [2.05, 4.69) is 10.2 Å². The highest BCUT2D eigenvalue weighted by Gasteiger charge is 2.31. The molecule has 1 unspecified atom stereocenters. The number of nitrogens with zero attached hydrogens (tertiary/aromatic N) is 2. The second-order valence-corrected chi connectivity index (χ2v) is 5.68. The lowest BCUT2D eigenvalue weighted by atomic mass is 10.1. The quantitative estimate of drug-likeness (QED) is 0.940. The molecule has 1 fully saturated rings. The highest BCUT2D eigenvalue weighted by atomic mass is 16.3. The average Bonchev–Trinajstić information content (AvgIpc) is 3.19. The lowest BCUT2D eigenvalue weighted by Gasteiger charge is -2.23. The summed E-state index contributed by atoms with van der Waals surface area (Å²) in [4.78, 5) is 14.4. The van der Waals surface area contributed by atoms with Crippen molar-refractivity contribution in [3.05, 3.63) is 41.1 Å². The van der Waals surface area contributed by atoms with Gasteiger partial charge in [0, 0.05) is 25.1 Å². The molecular formula is C16H21N3O2. The topological polar surface area (TPSA) is 62.1 Å². The fourth-order valence-electron chi connectivity index (χ4n) is 2.99. The van der Waals surface area contributed by atoms with Crippen LogP contribution >= 0.6 is 0 Å². The van der Waals surface area contributed by atoms with Gasteiger partial charge in [0.1, 0.15) is 5.76 Å². The minimum Gasteiger partial charge on any atom is -0.467 e. The largest absolute Gasteiger partial charge is 0.467 e. The van der Waals surface area contributed by atoms with Crippen molar-refractivity contribution >= 4 is 5.91 Å². The van der Waals surface area contributed by atoms with Crippen LogP contribution in [0.1, 0.15) is 48.0 Å². The van der Waals surface area contributed by atoms with E-state index in [1.165, 1.54) is 0 Å². The predicted molar refractivity (Wildman–Crippen MR) is 78.8 cm³/mol. The van der Waals surface area contributed by atoms with Crippen LogP contribution in [0.5, 0.6) is 0 Å². The van der Waals surface area contributed by atoms with Gasteiger partial charge in [0.25, 0.3) is 0 Å². The summed E-state index contributed by atoms with van der Waals surface area (Å²) in [5, 5.41) is 7.24. The summed E-state index contributed by atoms with van der Waals surface area (Å²) in [6.45, 7) is 4.87. The first-order valence-electron chi connectivity index (χ1n) is 7.50. The molecule has 5 nitrogen and oxygen atoms in total. The zero-order valence-electron chi connectivity index (χ0n) is 12.6. The Morgan fingerprint density at radius 1 is 1.52 bits per heavy atom. The Morgan fingerprint density at radius 2 is 2.38 bits per heavy atom. The average molecular weight is 287 g/mol. The molecule has 3 rings (SSSR count). The van der Waals surface area contributed by atoms with Gasteiger partial charge in [-0.15, -0.1) is 0 Å². The molecule has 1 atom stereocenters. The second-order valence-electron chi connectivity index (χ2n) is 5.68. The molecular weight excluding hydrogens is 266 g/mol. The smallest absolute Gasteiger partial charge is 0.223 e. The molecule has 0 bridgehead atoms. The molecule has 0 aromatic carbocycles. The number of aryl methyl sites for hydroxylation is 2. The maximum atomic E-state index is 12.5. The van der Waals surface area contributed by atoms with Crippen LogP contribution in [0.15, 0.2) is 22.8 Å². The van der Waals surface area contributed by atoms with Crippen LogP contribution in [0.3, 0.4) is 0 Å². The van der Waals surface area contributed by atoms with Crippen molar-refractivity contribution in [3.63, 3.8) is 0 Å². The van der Waals surface area contributed by atoms with Crippen LogP contribution in [0, 0.1) is 13.8 Å². The SMILES string of the molecule is Cc1[nH]nc(CCC(=O)N2CCCC2c2ccco2)c1C.